The summed E-state index contributed by atoms with van der Waals surface area (Å²) in [7, 11) is 1.62. The molecule has 0 atom stereocenters. The standard InChI is InChI=1S/C18H19N3O3/c1-23-14-8-6-13(7-9-14)16-12-17(21-20-16)18(22)19-10-2-4-15-5-3-11-24-15/h3,5-9,11-12H,2,4,10H2,1H3,(H,19,22)(H,20,21). The second-order valence-corrected chi connectivity index (χ2v) is 5.33. The minimum atomic E-state index is -0.165. The van der Waals surface area contributed by atoms with Crippen LogP contribution in [0.1, 0.15) is 22.7 Å². The molecule has 0 aliphatic rings. The van der Waals surface area contributed by atoms with Gasteiger partial charge in [0.1, 0.15) is 17.2 Å². The van der Waals surface area contributed by atoms with Crippen molar-refractivity contribution in [3.8, 4) is 17.0 Å². The zero-order valence-electron chi connectivity index (χ0n) is 13.4. The molecular formula is C18H19N3O3. The molecule has 2 aromatic heterocycles. The van der Waals surface area contributed by atoms with E-state index in [-0.39, 0.29) is 5.91 Å². The van der Waals surface area contributed by atoms with Crippen LogP contribution in [0.3, 0.4) is 0 Å². The van der Waals surface area contributed by atoms with E-state index in [0.717, 1.165) is 35.6 Å². The summed E-state index contributed by atoms with van der Waals surface area (Å²) in [6.45, 7) is 0.580. The van der Waals surface area contributed by atoms with Gasteiger partial charge in [-0.15, -0.1) is 0 Å². The Kier molecular flexibility index (Phi) is 4.96. The molecule has 0 radical (unpaired) electrons. The molecule has 2 N–H and O–H groups in total. The fourth-order valence-corrected chi connectivity index (χ4v) is 2.36. The molecule has 0 saturated heterocycles. The smallest absolute Gasteiger partial charge is 0.269 e. The average molecular weight is 325 g/mol. The summed E-state index contributed by atoms with van der Waals surface area (Å²) in [5.41, 5.74) is 2.08. The van der Waals surface area contributed by atoms with Crippen LogP contribution >= 0.6 is 0 Å². The number of nitrogens with zero attached hydrogens (tertiary/aromatic N) is 1. The first-order chi connectivity index (χ1) is 11.8. The fraction of sp³-hybridized carbons (Fsp3) is 0.222. The van der Waals surface area contributed by atoms with Crippen LogP contribution in [0, 0.1) is 0 Å². The number of methoxy groups -OCH3 is 1. The molecule has 3 rings (SSSR count). The third kappa shape index (κ3) is 3.84. The summed E-state index contributed by atoms with van der Waals surface area (Å²) >= 11 is 0. The number of benzene rings is 1. The van der Waals surface area contributed by atoms with Gasteiger partial charge in [0.05, 0.1) is 19.1 Å². The van der Waals surface area contributed by atoms with Crippen LogP contribution in [0.25, 0.3) is 11.3 Å². The van der Waals surface area contributed by atoms with Crippen molar-refractivity contribution in [2.75, 3.05) is 13.7 Å². The van der Waals surface area contributed by atoms with Crippen molar-refractivity contribution in [1.82, 2.24) is 15.5 Å². The Hall–Kier alpha value is -3.02. The Labute approximate surface area is 139 Å². The molecule has 6 nitrogen and oxygen atoms in total. The van der Waals surface area contributed by atoms with E-state index in [2.05, 4.69) is 15.5 Å². The van der Waals surface area contributed by atoms with Crippen molar-refractivity contribution >= 4 is 5.91 Å². The molecule has 0 unspecified atom stereocenters. The number of aryl methyl sites for hydroxylation is 1. The molecule has 0 saturated carbocycles. The number of aromatic nitrogens is 2. The Balaban J connectivity index is 1.53. The molecule has 0 spiro atoms. The Morgan fingerprint density at radius 2 is 2.12 bits per heavy atom. The van der Waals surface area contributed by atoms with Gasteiger partial charge in [-0.05, 0) is 48.9 Å². The second-order valence-electron chi connectivity index (χ2n) is 5.33. The van der Waals surface area contributed by atoms with Crippen molar-refractivity contribution in [1.29, 1.82) is 0 Å². The Morgan fingerprint density at radius 1 is 1.29 bits per heavy atom. The average Bonchev–Trinajstić information content (AvgIpc) is 3.30. The van der Waals surface area contributed by atoms with Crippen LogP contribution in [0.4, 0.5) is 0 Å². The zero-order chi connectivity index (χ0) is 16.8. The number of nitrogens with one attached hydrogen (secondary N) is 2. The number of H-pyrrole nitrogens is 1. The molecule has 6 heteroatoms. The minimum absolute atomic E-state index is 0.165. The van der Waals surface area contributed by atoms with Crippen LogP contribution in [0.2, 0.25) is 0 Å². The first-order valence-electron chi connectivity index (χ1n) is 7.76. The summed E-state index contributed by atoms with van der Waals surface area (Å²) < 4.78 is 10.4. The van der Waals surface area contributed by atoms with Crippen LogP contribution < -0.4 is 10.1 Å². The SMILES string of the molecule is COc1ccc(-c2cc(C(=O)NCCCc3ccco3)[nH]n2)cc1. The van der Waals surface area contributed by atoms with Crippen molar-refractivity contribution < 1.29 is 13.9 Å². The summed E-state index contributed by atoms with van der Waals surface area (Å²) in [4.78, 5) is 12.1. The topological polar surface area (TPSA) is 80.1 Å². The highest BCUT2D eigenvalue weighted by Crippen LogP contribution is 2.21. The van der Waals surface area contributed by atoms with Gasteiger partial charge in [0.25, 0.3) is 5.91 Å². The molecule has 0 bridgehead atoms. The molecule has 124 valence electrons. The number of hydrogen-bond acceptors (Lipinski definition) is 4. The number of rotatable bonds is 7. The maximum absolute atomic E-state index is 12.1. The Bertz CT molecular complexity index is 776. The van der Waals surface area contributed by atoms with Crippen LogP contribution in [0.5, 0.6) is 5.75 Å². The van der Waals surface area contributed by atoms with Gasteiger partial charge in [0, 0.05) is 18.5 Å². The van der Waals surface area contributed by atoms with E-state index >= 15 is 0 Å². The third-order valence-corrected chi connectivity index (χ3v) is 3.67. The maximum Gasteiger partial charge on any atom is 0.269 e. The van der Waals surface area contributed by atoms with Gasteiger partial charge in [0.15, 0.2) is 0 Å². The number of furan rings is 1. The fourth-order valence-electron chi connectivity index (χ4n) is 2.36. The number of aromatic amines is 1. The van der Waals surface area contributed by atoms with Crippen molar-refractivity contribution in [3.63, 3.8) is 0 Å². The van der Waals surface area contributed by atoms with E-state index in [0.29, 0.717) is 12.2 Å². The number of carbonyl (C=O) groups excluding carboxylic acids is 1. The van der Waals surface area contributed by atoms with Crippen molar-refractivity contribution in [2.24, 2.45) is 0 Å². The maximum atomic E-state index is 12.1. The molecule has 0 aliphatic carbocycles. The highest BCUT2D eigenvalue weighted by atomic mass is 16.5. The van der Waals surface area contributed by atoms with Crippen LogP contribution in [-0.2, 0) is 6.42 Å². The third-order valence-electron chi connectivity index (χ3n) is 3.67. The van der Waals surface area contributed by atoms with E-state index in [9.17, 15) is 4.79 Å². The summed E-state index contributed by atoms with van der Waals surface area (Å²) in [6, 6.07) is 13.1. The Morgan fingerprint density at radius 3 is 2.83 bits per heavy atom. The lowest BCUT2D eigenvalue weighted by Crippen LogP contribution is -2.25. The molecule has 0 fully saturated rings. The van der Waals surface area contributed by atoms with Crippen molar-refractivity contribution in [3.05, 3.63) is 60.2 Å². The largest absolute Gasteiger partial charge is 0.497 e. The lowest BCUT2D eigenvalue weighted by Gasteiger charge is -2.02. The van der Waals surface area contributed by atoms with E-state index in [1.165, 1.54) is 0 Å². The van der Waals surface area contributed by atoms with E-state index in [4.69, 9.17) is 9.15 Å². The van der Waals surface area contributed by atoms with E-state index < -0.39 is 0 Å². The molecule has 3 aromatic rings. The van der Waals surface area contributed by atoms with Crippen molar-refractivity contribution in [2.45, 2.75) is 12.8 Å². The molecule has 1 aromatic carbocycles. The first kappa shape index (κ1) is 15.9. The van der Waals surface area contributed by atoms with Gasteiger partial charge in [0.2, 0.25) is 0 Å². The number of amides is 1. The first-order valence-corrected chi connectivity index (χ1v) is 7.76. The summed E-state index contributed by atoms with van der Waals surface area (Å²) in [5.74, 6) is 1.54. The van der Waals surface area contributed by atoms with Crippen LogP contribution in [0.15, 0.2) is 53.1 Å². The number of hydrogen-bond donors (Lipinski definition) is 2. The van der Waals surface area contributed by atoms with Gasteiger partial charge in [-0.3, -0.25) is 9.89 Å². The monoisotopic (exact) mass is 325 g/mol. The highest BCUT2D eigenvalue weighted by Gasteiger charge is 2.10. The van der Waals surface area contributed by atoms with Gasteiger partial charge in [-0.25, -0.2) is 0 Å². The zero-order valence-corrected chi connectivity index (χ0v) is 13.4. The van der Waals surface area contributed by atoms with Crippen LogP contribution in [-0.4, -0.2) is 29.8 Å². The highest BCUT2D eigenvalue weighted by molar-refractivity contribution is 5.93. The molecule has 24 heavy (non-hydrogen) atoms. The molecular weight excluding hydrogens is 306 g/mol. The van der Waals surface area contributed by atoms with Gasteiger partial charge >= 0.3 is 0 Å². The normalized spacial score (nSPS) is 10.5. The minimum Gasteiger partial charge on any atom is -0.497 e. The lowest BCUT2D eigenvalue weighted by atomic mass is 10.1. The summed E-state index contributed by atoms with van der Waals surface area (Å²) in [5, 5.41) is 9.84. The quantitative estimate of drug-likeness (QED) is 0.654. The summed E-state index contributed by atoms with van der Waals surface area (Å²) in [6.07, 6.45) is 3.27. The molecule has 2 heterocycles. The second kappa shape index (κ2) is 7.50. The van der Waals surface area contributed by atoms with Gasteiger partial charge in [-0.1, -0.05) is 0 Å². The van der Waals surface area contributed by atoms with Gasteiger partial charge in [-0.2, -0.15) is 5.10 Å². The lowest BCUT2D eigenvalue weighted by molar-refractivity contribution is 0.0948. The van der Waals surface area contributed by atoms with E-state index in [1.807, 2.05) is 36.4 Å². The number of ether oxygens (including phenoxy) is 1. The molecule has 0 aliphatic heterocycles. The number of carbonyl (C=O) groups is 1. The van der Waals surface area contributed by atoms with Gasteiger partial charge < -0.3 is 14.5 Å². The predicted octanol–water partition coefficient (Wildman–Crippen LogP) is 3.04. The predicted molar refractivity (Wildman–Crippen MR) is 89.9 cm³/mol. The molecule has 1 amide bonds. The van der Waals surface area contributed by atoms with E-state index in [1.54, 1.807) is 19.4 Å².